The molecule has 0 bridgehead atoms. The molecule has 2 aromatic carbocycles. The van der Waals surface area contributed by atoms with Crippen LogP contribution in [0.2, 0.25) is 0 Å². The number of aromatic nitrogens is 1. The zero-order chi connectivity index (χ0) is 32.1. The van der Waals surface area contributed by atoms with Crippen molar-refractivity contribution in [3.05, 3.63) is 84.5 Å². The number of nitrogens with zero attached hydrogens (tertiary/aromatic N) is 2. The van der Waals surface area contributed by atoms with Gasteiger partial charge in [-0.2, -0.15) is 0 Å². The van der Waals surface area contributed by atoms with Gasteiger partial charge in [0, 0.05) is 41.4 Å². The summed E-state index contributed by atoms with van der Waals surface area (Å²) < 4.78 is 38.1. The molecule has 0 spiro atoms. The van der Waals surface area contributed by atoms with Gasteiger partial charge in [-0.3, -0.25) is 0 Å². The molecule has 238 valence electrons. The van der Waals surface area contributed by atoms with Gasteiger partial charge in [-0.1, -0.05) is 12.7 Å². The van der Waals surface area contributed by atoms with E-state index in [1.165, 1.54) is 38.1 Å². The molecule has 2 aromatic heterocycles. The Morgan fingerprint density at radius 1 is 1.11 bits per heavy atom. The number of anilines is 4. The van der Waals surface area contributed by atoms with Gasteiger partial charge in [-0.05, 0) is 43.0 Å². The number of ether oxygens (including phenoxy) is 3. The van der Waals surface area contributed by atoms with Crippen molar-refractivity contribution >= 4 is 45.6 Å². The quantitative estimate of drug-likeness (QED) is 0.0784. The second kappa shape index (κ2) is 14.2. The van der Waals surface area contributed by atoms with Crippen LogP contribution in [0.5, 0.6) is 11.5 Å². The first kappa shape index (κ1) is 32.2. The third-order valence-electron chi connectivity index (χ3n) is 7.58. The van der Waals surface area contributed by atoms with Crippen LogP contribution in [0, 0.1) is 5.82 Å². The van der Waals surface area contributed by atoms with E-state index in [9.17, 15) is 10.2 Å². The van der Waals surface area contributed by atoms with Crippen molar-refractivity contribution in [3.8, 4) is 11.5 Å². The second-order valence-electron chi connectivity index (χ2n) is 10.2. The van der Waals surface area contributed by atoms with Gasteiger partial charge >= 0.3 is 0 Å². The number of thioether (sulfide) groups is 1. The monoisotopic (exact) mass is 636 g/mol. The van der Waals surface area contributed by atoms with Crippen molar-refractivity contribution in [1.29, 1.82) is 0 Å². The maximum Gasteiger partial charge on any atom is 0.171 e. The molecular weight excluding hydrogens is 599 g/mol. The van der Waals surface area contributed by atoms with Crippen molar-refractivity contribution < 1.29 is 33.2 Å². The Balaban J connectivity index is 1.53. The summed E-state index contributed by atoms with van der Waals surface area (Å²) in [7, 11) is 2.82. The average Bonchev–Trinajstić information content (AvgIpc) is 3.44. The lowest BCUT2D eigenvalue weighted by atomic mass is 9.96. The number of rotatable bonds is 13. The molecule has 0 saturated carbocycles. The molecule has 0 amide bonds. The predicted octanol–water partition coefficient (Wildman–Crippen LogP) is 6.01. The summed E-state index contributed by atoms with van der Waals surface area (Å²) in [5.74, 6) is 0.258. The van der Waals surface area contributed by atoms with E-state index in [1.807, 2.05) is 24.5 Å². The van der Waals surface area contributed by atoms with Crippen LogP contribution in [0.25, 0.3) is 11.0 Å². The lowest BCUT2D eigenvalue weighted by molar-refractivity contribution is 0.122. The minimum atomic E-state index is -1.47. The molecule has 12 heteroatoms. The summed E-state index contributed by atoms with van der Waals surface area (Å²) in [4.78, 5) is 7.37. The van der Waals surface area contributed by atoms with Gasteiger partial charge in [0.2, 0.25) is 0 Å². The van der Waals surface area contributed by atoms with Crippen LogP contribution >= 0.6 is 11.8 Å². The summed E-state index contributed by atoms with van der Waals surface area (Å²) in [6.07, 6.45) is 4.23. The topological polar surface area (TPSA) is 121 Å². The number of allylic oxidation sites excluding steroid dienone is 1. The Hall–Kier alpha value is -4.23. The number of benzene rings is 2. The highest BCUT2D eigenvalue weighted by Gasteiger charge is 2.30. The summed E-state index contributed by atoms with van der Waals surface area (Å²) in [5, 5.41) is 29.0. The molecule has 4 aromatic rings. The van der Waals surface area contributed by atoms with Crippen LogP contribution in [0.1, 0.15) is 23.0 Å². The maximum atomic E-state index is 15.7. The van der Waals surface area contributed by atoms with Crippen molar-refractivity contribution in [2.45, 2.75) is 23.6 Å². The molecule has 0 radical (unpaired) electrons. The lowest BCUT2D eigenvalue weighted by Gasteiger charge is -2.30. The number of furan rings is 1. The second-order valence-corrected chi connectivity index (χ2v) is 11.0. The van der Waals surface area contributed by atoms with E-state index in [0.717, 1.165) is 18.8 Å². The summed E-state index contributed by atoms with van der Waals surface area (Å²) >= 11 is 1.36. The lowest BCUT2D eigenvalue weighted by Crippen LogP contribution is -2.36. The minimum absolute atomic E-state index is 0.0105. The van der Waals surface area contributed by atoms with E-state index in [-0.39, 0.29) is 23.5 Å². The Morgan fingerprint density at radius 3 is 2.53 bits per heavy atom. The number of aliphatic hydroxyl groups excluding tert-OH is 2. The van der Waals surface area contributed by atoms with Crippen LogP contribution < -0.4 is 25.0 Å². The number of methoxy groups -OCH3 is 2. The number of fused-ring (bicyclic) bond motifs is 1. The van der Waals surface area contributed by atoms with Crippen LogP contribution in [-0.4, -0.2) is 68.2 Å². The fourth-order valence-electron chi connectivity index (χ4n) is 5.36. The Kier molecular flexibility index (Phi) is 10.2. The fraction of sp³-hybridized carbons (Fsp3) is 0.303. The molecule has 3 heterocycles. The first-order valence-electron chi connectivity index (χ1n) is 14.3. The largest absolute Gasteiger partial charge is 0.496 e. The number of pyridine rings is 1. The molecule has 45 heavy (non-hydrogen) atoms. The van der Waals surface area contributed by atoms with E-state index in [2.05, 4.69) is 33.7 Å². The third kappa shape index (κ3) is 6.59. The number of hydrogen-bond acceptors (Lipinski definition) is 11. The molecule has 5 rings (SSSR count). The molecule has 2 atom stereocenters. The number of aliphatic hydroxyl groups is 2. The van der Waals surface area contributed by atoms with E-state index in [4.69, 9.17) is 18.6 Å². The highest BCUT2D eigenvalue weighted by atomic mass is 32.2. The van der Waals surface area contributed by atoms with Gasteiger partial charge in [0.15, 0.2) is 22.9 Å². The first-order valence-corrected chi connectivity index (χ1v) is 15.5. The Bertz CT molecular complexity index is 1690. The summed E-state index contributed by atoms with van der Waals surface area (Å²) in [6, 6.07) is 9.11. The van der Waals surface area contributed by atoms with Crippen LogP contribution in [0.3, 0.4) is 0 Å². The SMILES string of the molecule is C=CCc1c(OC)cc(OC)c(F)c1C(O)c1oc2cnc(Nc3ccc(N4CCOCC4)cc3NC(O)C=C)cc2c1SC. The number of morpholine rings is 1. The summed E-state index contributed by atoms with van der Waals surface area (Å²) in [5.41, 5.74) is 3.16. The number of nitrogens with one attached hydrogen (secondary N) is 2. The first-order chi connectivity index (χ1) is 21.8. The standard InChI is InChI=1S/C33H37FN4O6S/c1-6-8-20-24(41-3)17-25(42-4)30(34)29(20)31(40)32-33(45-5)21-16-27(35-18-26(21)44-32)36-22-10-9-19(38-11-13-43-14-12-38)15-23(22)37-28(39)7-2/h6-7,9-10,15-18,28,31,37,39-40H,1-2,8,11-14H2,3-5H3,(H,35,36). The molecule has 0 aliphatic carbocycles. The van der Waals surface area contributed by atoms with Gasteiger partial charge in [0.25, 0.3) is 0 Å². The molecule has 10 nitrogen and oxygen atoms in total. The highest BCUT2D eigenvalue weighted by molar-refractivity contribution is 7.98. The van der Waals surface area contributed by atoms with Crippen molar-refractivity contribution in [3.63, 3.8) is 0 Å². The molecular formula is C33H37FN4O6S. The summed E-state index contributed by atoms with van der Waals surface area (Å²) in [6.45, 7) is 10.3. The molecule has 1 aliphatic heterocycles. The van der Waals surface area contributed by atoms with Gasteiger partial charge in [0.1, 0.15) is 23.9 Å². The fourth-order valence-corrected chi connectivity index (χ4v) is 6.10. The van der Waals surface area contributed by atoms with Crippen molar-refractivity contribution in [2.24, 2.45) is 0 Å². The van der Waals surface area contributed by atoms with Crippen LogP contribution in [-0.2, 0) is 11.2 Å². The zero-order valence-corrected chi connectivity index (χ0v) is 26.2. The molecule has 1 fully saturated rings. The third-order valence-corrected chi connectivity index (χ3v) is 8.41. The average molecular weight is 637 g/mol. The smallest absolute Gasteiger partial charge is 0.171 e. The minimum Gasteiger partial charge on any atom is -0.496 e. The van der Waals surface area contributed by atoms with E-state index in [1.54, 1.807) is 18.3 Å². The normalized spacial score (nSPS) is 14.6. The maximum absolute atomic E-state index is 15.7. The number of hydrogen-bond donors (Lipinski definition) is 4. The number of halogens is 1. The van der Waals surface area contributed by atoms with Gasteiger partial charge in [-0.25, -0.2) is 9.37 Å². The van der Waals surface area contributed by atoms with Gasteiger partial charge in [-0.15, -0.1) is 18.3 Å². The van der Waals surface area contributed by atoms with E-state index >= 15 is 4.39 Å². The van der Waals surface area contributed by atoms with Crippen molar-refractivity contribution in [2.75, 3.05) is 62.3 Å². The van der Waals surface area contributed by atoms with Crippen LogP contribution in [0.4, 0.5) is 27.3 Å². The van der Waals surface area contributed by atoms with Crippen molar-refractivity contribution in [1.82, 2.24) is 4.98 Å². The van der Waals surface area contributed by atoms with Gasteiger partial charge in [0.05, 0.1) is 49.9 Å². The van der Waals surface area contributed by atoms with Gasteiger partial charge < -0.3 is 44.4 Å². The molecule has 1 saturated heterocycles. The molecule has 1 aliphatic rings. The Labute approximate surface area is 265 Å². The molecule has 2 unspecified atom stereocenters. The Morgan fingerprint density at radius 2 is 1.87 bits per heavy atom. The molecule has 4 N–H and O–H groups in total. The zero-order valence-electron chi connectivity index (χ0n) is 25.4. The van der Waals surface area contributed by atoms with E-state index < -0.39 is 18.1 Å². The predicted molar refractivity (Wildman–Crippen MR) is 176 cm³/mol. The van der Waals surface area contributed by atoms with E-state index in [0.29, 0.717) is 57.6 Å². The van der Waals surface area contributed by atoms with Crippen LogP contribution in [0.15, 0.2) is 71.2 Å². The highest BCUT2D eigenvalue weighted by Crippen LogP contribution is 2.44.